The molecule has 0 aliphatic rings. The molecule has 0 radical (unpaired) electrons. The van der Waals surface area contributed by atoms with Crippen LogP contribution < -0.4 is 10.6 Å². The molecule has 2 N–H and O–H groups in total. The van der Waals surface area contributed by atoms with Crippen molar-refractivity contribution in [2.75, 3.05) is 17.2 Å². The molecule has 5 heteroatoms. The molecule has 2 heterocycles. The molecule has 16 heavy (non-hydrogen) atoms. The molecule has 2 rings (SSSR count). The quantitative estimate of drug-likeness (QED) is 0.835. The van der Waals surface area contributed by atoms with Gasteiger partial charge in [-0.05, 0) is 29.3 Å². The molecule has 0 aliphatic heterocycles. The SMILES string of the molecule is CCNc1cncc(NCc2ccsc2)n1. The van der Waals surface area contributed by atoms with Crippen molar-refractivity contribution in [2.45, 2.75) is 13.5 Å². The lowest BCUT2D eigenvalue weighted by Crippen LogP contribution is -2.04. The minimum Gasteiger partial charge on any atom is -0.369 e. The Morgan fingerprint density at radius 2 is 2.06 bits per heavy atom. The molecule has 0 amide bonds. The molecule has 0 spiro atoms. The summed E-state index contributed by atoms with van der Waals surface area (Å²) in [5, 5.41) is 10.6. The van der Waals surface area contributed by atoms with Gasteiger partial charge in [0.1, 0.15) is 11.6 Å². The van der Waals surface area contributed by atoms with Gasteiger partial charge in [0, 0.05) is 13.1 Å². The second kappa shape index (κ2) is 5.46. The van der Waals surface area contributed by atoms with Crippen molar-refractivity contribution in [3.05, 3.63) is 34.8 Å². The van der Waals surface area contributed by atoms with Crippen LogP contribution in [0.15, 0.2) is 29.2 Å². The number of hydrogen-bond donors (Lipinski definition) is 2. The maximum Gasteiger partial charge on any atom is 0.147 e. The van der Waals surface area contributed by atoms with E-state index in [0.29, 0.717) is 0 Å². The van der Waals surface area contributed by atoms with Crippen molar-refractivity contribution in [1.82, 2.24) is 9.97 Å². The second-order valence-electron chi connectivity index (χ2n) is 3.31. The summed E-state index contributed by atoms with van der Waals surface area (Å²) in [5.41, 5.74) is 1.26. The van der Waals surface area contributed by atoms with Gasteiger partial charge in [-0.15, -0.1) is 0 Å². The Morgan fingerprint density at radius 1 is 1.25 bits per heavy atom. The monoisotopic (exact) mass is 234 g/mol. The van der Waals surface area contributed by atoms with Crippen LogP contribution in [0.5, 0.6) is 0 Å². The number of aromatic nitrogens is 2. The molecule has 0 saturated heterocycles. The van der Waals surface area contributed by atoms with Crippen molar-refractivity contribution in [2.24, 2.45) is 0 Å². The third kappa shape index (κ3) is 2.93. The molecule has 0 saturated carbocycles. The van der Waals surface area contributed by atoms with E-state index in [2.05, 4.69) is 37.4 Å². The van der Waals surface area contributed by atoms with Crippen LogP contribution in [0.1, 0.15) is 12.5 Å². The number of hydrogen-bond acceptors (Lipinski definition) is 5. The molecular formula is C11H14N4S. The van der Waals surface area contributed by atoms with E-state index in [1.165, 1.54) is 5.56 Å². The van der Waals surface area contributed by atoms with Crippen LogP contribution in [0, 0.1) is 0 Å². The second-order valence-corrected chi connectivity index (χ2v) is 4.09. The van der Waals surface area contributed by atoms with Gasteiger partial charge in [-0.1, -0.05) is 0 Å². The summed E-state index contributed by atoms with van der Waals surface area (Å²) in [6, 6.07) is 2.10. The van der Waals surface area contributed by atoms with Gasteiger partial charge in [0.25, 0.3) is 0 Å². The topological polar surface area (TPSA) is 49.8 Å². The first kappa shape index (κ1) is 10.9. The zero-order valence-corrected chi connectivity index (χ0v) is 9.92. The lowest BCUT2D eigenvalue weighted by molar-refractivity contribution is 1.07. The number of anilines is 2. The Hall–Kier alpha value is -1.62. The van der Waals surface area contributed by atoms with E-state index in [-0.39, 0.29) is 0 Å². The fourth-order valence-electron chi connectivity index (χ4n) is 1.30. The largest absolute Gasteiger partial charge is 0.369 e. The van der Waals surface area contributed by atoms with Gasteiger partial charge in [0.05, 0.1) is 12.4 Å². The average molecular weight is 234 g/mol. The van der Waals surface area contributed by atoms with Gasteiger partial charge in [-0.25, -0.2) is 4.98 Å². The molecule has 0 fully saturated rings. The van der Waals surface area contributed by atoms with Crippen LogP contribution in [0.4, 0.5) is 11.6 Å². The Labute approximate surface area is 98.8 Å². The van der Waals surface area contributed by atoms with Crippen molar-refractivity contribution in [1.29, 1.82) is 0 Å². The van der Waals surface area contributed by atoms with E-state index in [1.807, 2.05) is 6.92 Å². The Balaban J connectivity index is 1.96. The molecule has 0 aliphatic carbocycles. The first-order chi connectivity index (χ1) is 7.88. The van der Waals surface area contributed by atoms with Crippen molar-refractivity contribution < 1.29 is 0 Å². The highest BCUT2D eigenvalue weighted by molar-refractivity contribution is 7.07. The predicted molar refractivity (Wildman–Crippen MR) is 67.8 cm³/mol. The summed E-state index contributed by atoms with van der Waals surface area (Å²) in [7, 11) is 0. The van der Waals surface area contributed by atoms with Gasteiger partial charge in [0.2, 0.25) is 0 Å². The maximum absolute atomic E-state index is 4.38. The van der Waals surface area contributed by atoms with Gasteiger partial charge in [-0.3, -0.25) is 4.98 Å². The van der Waals surface area contributed by atoms with E-state index in [4.69, 9.17) is 0 Å². The van der Waals surface area contributed by atoms with Crippen molar-refractivity contribution in [3.8, 4) is 0 Å². The van der Waals surface area contributed by atoms with E-state index in [9.17, 15) is 0 Å². The van der Waals surface area contributed by atoms with Crippen LogP contribution in [0.3, 0.4) is 0 Å². The van der Waals surface area contributed by atoms with Crippen LogP contribution in [0.25, 0.3) is 0 Å². The number of rotatable bonds is 5. The molecule has 0 bridgehead atoms. The molecule has 0 unspecified atom stereocenters. The van der Waals surface area contributed by atoms with Gasteiger partial charge >= 0.3 is 0 Å². The maximum atomic E-state index is 4.38. The van der Waals surface area contributed by atoms with Crippen LogP contribution in [-0.4, -0.2) is 16.5 Å². The highest BCUT2D eigenvalue weighted by Gasteiger charge is 1.98. The van der Waals surface area contributed by atoms with Gasteiger partial charge < -0.3 is 10.6 Å². The zero-order chi connectivity index (χ0) is 11.2. The first-order valence-electron chi connectivity index (χ1n) is 5.19. The highest BCUT2D eigenvalue weighted by Crippen LogP contribution is 2.10. The zero-order valence-electron chi connectivity index (χ0n) is 9.10. The summed E-state index contributed by atoms with van der Waals surface area (Å²) in [5.74, 6) is 1.60. The summed E-state index contributed by atoms with van der Waals surface area (Å²) >= 11 is 1.70. The number of thiophene rings is 1. The number of nitrogens with one attached hydrogen (secondary N) is 2. The van der Waals surface area contributed by atoms with E-state index in [1.54, 1.807) is 23.7 Å². The fraction of sp³-hybridized carbons (Fsp3) is 0.273. The molecule has 2 aromatic heterocycles. The van der Waals surface area contributed by atoms with E-state index in [0.717, 1.165) is 24.7 Å². The Kier molecular flexibility index (Phi) is 3.71. The summed E-state index contributed by atoms with van der Waals surface area (Å²) in [6.45, 7) is 3.67. The van der Waals surface area contributed by atoms with Crippen molar-refractivity contribution >= 4 is 23.0 Å². The molecule has 0 atom stereocenters. The minimum absolute atomic E-state index is 0.785. The summed E-state index contributed by atoms with van der Waals surface area (Å²) in [4.78, 5) is 8.50. The minimum atomic E-state index is 0.785. The normalized spacial score (nSPS) is 10.1. The third-order valence-corrected chi connectivity index (χ3v) is 2.78. The third-order valence-electron chi connectivity index (χ3n) is 2.05. The Bertz CT molecular complexity index is 427. The fourth-order valence-corrected chi connectivity index (χ4v) is 1.97. The first-order valence-corrected chi connectivity index (χ1v) is 6.13. The molecule has 84 valence electrons. The smallest absolute Gasteiger partial charge is 0.147 e. The molecule has 0 aromatic carbocycles. The van der Waals surface area contributed by atoms with Crippen LogP contribution in [0.2, 0.25) is 0 Å². The van der Waals surface area contributed by atoms with Crippen LogP contribution in [-0.2, 0) is 6.54 Å². The standard InChI is InChI=1S/C11H14N4S/c1-2-13-10-6-12-7-11(15-10)14-5-9-3-4-16-8-9/h3-4,6-8H,2,5H2,1H3,(H2,13,14,15). The summed E-state index contributed by atoms with van der Waals surface area (Å²) in [6.07, 6.45) is 3.45. The van der Waals surface area contributed by atoms with Crippen LogP contribution >= 0.6 is 11.3 Å². The lowest BCUT2D eigenvalue weighted by Gasteiger charge is -2.06. The summed E-state index contributed by atoms with van der Waals surface area (Å²) < 4.78 is 0. The predicted octanol–water partition coefficient (Wildman–Crippen LogP) is 2.58. The van der Waals surface area contributed by atoms with Crippen molar-refractivity contribution in [3.63, 3.8) is 0 Å². The average Bonchev–Trinajstić information content (AvgIpc) is 2.80. The highest BCUT2D eigenvalue weighted by atomic mass is 32.1. The Morgan fingerprint density at radius 3 is 2.75 bits per heavy atom. The lowest BCUT2D eigenvalue weighted by atomic mass is 10.3. The van der Waals surface area contributed by atoms with Gasteiger partial charge in [-0.2, -0.15) is 11.3 Å². The van der Waals surface area contributed by atoms with E-state index < -0.39 is 0 Å². The molecule has 4 nitrogen and oxygen atoms in total. The number of nitrogens with zero attached hydrogens (tertiary/aromatic N) is 2. The van der Waals surface area contributed by atoms with Gasteiger partial charge in [0.15, 0.2) is 0 Å². The molecular weight excluding hydrogens is 220 g/mol. The molecule has 2 aromatic rings. The van der Waals surface area contributed by atoms with E-state index >= 15 is 0 Å².